The zero-order valence-corrected chi connectivity index (χ0v) is 19.8. The number of para-hydroxylation sites is 1. The number of ketones is 1. The quantitative estimate of drug-likeness (QED) is 0.117. The van der Waals surface area contributed by atoms with Gasteiger partial charge in [-0.1, -0.05) is 115 Å². The lowest BCUT2D eigenvalue weighted by Gasteiger charge is -2.10. The summed E-state index contributed by atoms with van der Waals surface area (Å²) in [4.78, 5) is 22.8. The van der Waals surface area contributed by atoms with Gasteiger partial charge in [-0.25, -0.2) is 0 Å². The van der Waals surface area contributed by atoms with Crippen molar-refractivity contribution in [2.24, 2.45) is 0 Å². The highest BCUT2D eigenvalue weighted by Gasteiger charge is 2.13. The molecule has 1 aromatic rings. The van der Waals surface area contributed by atoms with Gasteiger partial charge in [0.2, 0.25) is 0 Å². The predicted octanol–water partition coefficient (Wildman–Crippen LogP) is 8.02. The van der Waals surface area contributed by atoms with Crippen LogP contribution in [0.1, 0.15) is 126 Å². The summed E-state index contributed by atoms with van der Waals surface area (Å²) in [5.41, 5.74) is 1.22. The Kier molecular flexibility index (Phi) is 16.6. The van der Waals surface area contributed by atoms with E-state index in [0.717, 1.165) is 18.7 Å². The van der Waals surface area contributed by atoms with Crippen molar-refractivity contribution in [3.05, 3.63) is 29.8 Å². The van der Waals surface area contributed by atoms with Gasteiger partial charge in [-0.2, -0.15) is 0 Å². The van der Waals surface area contributed by atoms with E-state index in [4.69, 9.17) is 5.11 Å². The Morgan fingerprint density at radius 3 is 1.65 bits per heavy atom. The number of anilines is 1. The molecule has 4 nitrogen and oxygen atoms in total. The molecule has 1 rings (SSSR count). The molecule has 4 heteroatoms. The van der Waals surface area contributed by atoms with Gasteiger partial charge in [-0.15, -0.1) is 0 Å². The van der Waals surface area contributed by atoms with Gasteiger partial charge in [-0.3, -0.25) is 9.59 Å². The number of hydrogen-bond acceptors (Lipinski definition) is 3. The maximum absolute atomic E-state index is 12.0. The van der Waals surface area contributed by atoms with Crippen molar-refractivity contribution in [1.29, 1.82) is 0 Å². The molecule has 0 atom stereocenters. The number of carboxylic acids is 1. The third-order valence-corrected chi connectivity index (χ3v) is 5.89. The number of carboxylic acid groups (broad SMARTS) is 1. The van der Waals surface area contributed by atoms with Crippen LogP contribution in [0.4, 0.5) is 5.69 Å². The van der Waals surface area contributed by atoms with Crippen LogP contribution in [0.15, 0.2) is 24.3 Å². The van der Waals surface area contributed by atoms with Crippen molar-refractivity contribution < 1.29 is 14.7 Å². The van der Waals surface area contributed by atoms with E-state index < -0.39 is 12.4 Å². The Morgan fingerprint density at radius 2 is 1.16 bits per heavy atom. The van der Waals surface area contributed by atoms with Gasteiger partial charge in [-0.05, 0) is 18.6 Å². The minimum absolute atomic E-state index is 0.345. The Labute approximate surface area is 190 Å². The van der Waals surface area contributed by atoms with Crippen LogP contribution in [0.2, 0.25) is 0 Å². The van der Waals surface area contributed by atoms with E-state index in [-0.39, 0.29) is 5.78 Å². The fourth-order valence-corrected chi connectivity index (χ4v) is 4.01. The van der Waals surface area contributed by atoms with Crippen molar-refractivity contribution in [2.45, 2.75) is 116 Å². The molecule has 0 aliphatic carbocycles. The molecule has 2 N–H and O–H groups in total. The number of Topliss-reactive ketones (excluding diaryl/α,β-unsaturated/α-hetero) is 1. The molecule has 0 saturated carbocycles. The lowest BCUT2D eigenvalue weighted by atomic mass is 10.0. The molecule has 0 radical (unpaired) electrons. The van der Waals surface area contributed by atoms with E-state index in [1.165, 1.54) is 96.3 Å². The molecule has 0 unspecified atom stereocenters. The normalized spacial score (nSPS) is 10.9. The first kappa shape index (κ1) is 27.2. The van der Waals surface area contributed by atoms with Crippen LogP contribution in [0.5, 0.6) is 0 Å². The molecule has 0 aliphatic rings. The second-order valence-corrected chi connectivity index (χ2v) is 8.77. The zero-order chi connectivity index (χ0) is 22.6. The van der Waals surface area contributed by atoms with Crippen LogP contribution in [0.3, 0.4) is 0 Å². The van der Waals surface area contributed by atoms with Crippen LogP contribution in [0.25, 0.3) is 0 Å². The summed E-state index contributed by atoms with van der Waals surface area (Å²) in [6.45, 7) is 3.09. The molecule has 176 valence electrons. The van der Waals surface area contributed by atoms with Crippen LogP contribution in [-0.2, 0) is 4.79 Å². The molecule has 0 bridgehead atoms. The Morgan fingerprint density at radius 1 is 0.710 bits per heavy atom. The van der Waals surface area contributed by atoms with Crippen LogP contribution < -0.4 is 5.32 Å². The van der Waals surface area contributed by atoms with E-state index in [0.29, 0.717) is 5.56 Å². The smallest absolute Gasteiger partial charge is 0.311 e. The molecule has 0 saturated heterocycles. The molecule has 1 aromatic carbocycles. The zero-order valence-electron chi connectivity index (χ0n) is 19.8. The van der Waals surface area contributed by atoms with Crippen molar-refractivity contribution in [1.82, 2.24) is 0 Å². The standard InChI is InChI=1S/C27H45NO3/c1-2-3-4-5-6-7-8-9-10-11-12-13-14-15-16-19-22-28-25-21-18-17-20-24(25)26(29)23-27(30)31/h17-18,20-21,28H,2-16,19,22-23H2,1H3,(H,30,31). The summed E-state index contributed by atoms with van der Waals surface area (Å²) in [6.07, 6.45) is 21.2. The van der Waals surface area contributed by atoms with Gasteiger partial charge in [0.25, 0.3) is 0 Å². The first-order valence-electron chi connectivity index (χ1n) is 12.7. The summed E-state index contributed by atoms with van der Waals surface area (Å²) in [7, 11) is 0. The number of carbonyl (C=O) groups is 2. The Hall–Kier alpha value is -1.84. The van der Waals surface area contributed by atoms with Crippen molar-refractivity contribution in [3.8, 4) is 0 Å². The summed E-state index contributed by atoms with van der Waals surface area (Å²) in [5.74, 6) is -1.43. The van der Waals surface area contributed by atoms with E-state index >= 15 is 0 Å². The second kappa shape index (κ2) is 18.9. The highest BCUT2D eigenvalue weighted by molar-refractivity contribution is 6.08. The fraction of sp³-hybridized carbons (Fsp3) is 0.704. The Bertz CT molecular complexity index is 600. The maximum Gasteiger partial charge on any atom is 0.311 e. The monoisotopic (exact) mass is 431 g/mol. The van der Waals surface area contributed by atoms with Crippen molar-refractivity contribution in [2.75, 3.05) is 11.9 Å². The molecule has 0 fully saturated rings. The fourth-order valence-electron chi connectivity index (χ4n) is 4.01. The lowest BCUT2D eigenvalue weighted by Crippen LogP contribution is -2.11. The van der Waals surface area contributed by atoms with Crippen LogP contribution in [-0.4, -0.2) is 23.4 Å². The van der Waals surface area contributed by atoms with Gasteiger partial charge in [0.1, 0.15) is 6.42 Å². The van der Waals surface area contributed by atoms with Gasteiger partial charge in [0.15, 0.2) is 5.78 Å². The average molecular weight is 432 g/mol. The first-order chi connectivity index (χ1) is 15.1. The average Bonchev–Trinajstić information content (AvgIpc) is 2.75. The minimum atomic E-state index is -1.09. The second-order valence-electron chi connectivity index (χ2n) is 8.77. The summed E-state index contributed by atoms with van der Waals surface area (Å²) >= 11 is 0. The summed E-state index contributed by atoms with van der Waals surface area (Å²) < 4.78 is 0. The minimum Gasteiger partial charge on any atom is -0.481 e. The van der Waals surface area contributed by atoms with Crippen LogP contribution >= 0.6 is 0 Å². The summed E-state index contributed by atoms with van der Waals surface area (Å²) in [5, 5.41) is 12.1. The van der Waals surface area contributed by atoms with Gasteiger partial charge >= 0.3 is 5.97 Å². The number of nitrogens with one attached hydrogen (secondary N) is 1. The lowest BCUT2D eigenvalue weighted by molar-refractivity contribution is -0.135. The maximum atomic E-state index is 12.0. The summed E-state index contributed by atoms with van der Waals surface area (Å²) in [6, 6.07) is 7.19. The van der Waals surface area contributed by atoms with E-state index in [9.17, 15) is 9.59 Å². The molecule has 0 heterocycles. The number of hydrogen-bond donors (Lipinski definition) is 2. The Balaban J connectivity index is 1.94. The number of unbranched alkanes of at least 4 members (excludes halogenated alkanes) is 15. The number of carbonyl (C=O) groups excluding carboxylic acids is 1. The number of rotatable bonds is 21. The topological polar surface area (TPSA) is 66.4 Å². The predicted molar refractivity (Wildman–Crippen MR) is 131 cm³/mol. The van der Waals surface area contributed by atoms with Gasteiger partial charge < -0.3 is 10.4 Å². The molecule has 31 heavy (non-hydrogen) atoms. The van der Waals surface area contributed by atoms with E-state index in [1.807, 2.05) is 12.1 Å². The molecular weight excluding hydrogens is 386 g/mol. The largest absolute Gasteiger partial charge is 0.481 e. The van der Waals surface area contributed by atoms with Gasteiger partial charge in [0.05, 0.1) is 0 Å². The number of benzene rings is 1. The molecule has 0 aliphatic heterocycles. The third-order valence-electron chi connectivity index (χ3n) is 5.89. The van der Waals surface area contributed by atoms with Crippen molar-refractivity contribution >= 4 is 17.4 Å². The van der Waals surface area contributed by atoms with Crippen LogP contribution in [0, 0.1) is 0 Å². The van der Waals surface area contributed by atoms with Gasteiger partial charge in [0, 0.05) is 17.8 Å². The first-order valence-corrected chi connectivity index (χ1v) is 12.7. The molecule has 0 spiro atoms. The van der Waals surface area contributed by atoms with E-state index in [1.54, 1.807) is 12.1 Å². The number of aliphatic carboxylic acids is 1. The highest BCUT2D eigenvalue weighted by Crippen LogP contribution is 2.18. The molecule has 0 amide bonds. The SMILES string of the molecule is CCCCCCCCCCCCCCCCCCNc1ccccc1C(=O)CC(=O)O. The molecule has 0 aromatic heterocycles. The van der Waals surface area contributed by atoms with Crippen molar-refractivity contribution in [3.63, 3.8) is 0 Å². The van der Waals surface area contributed by atoms with E-state index in [2.05, 4.69) is 12.2 Å². The third kappa shape index (κ3) is 14.7. The highest BCUT2D eigenvalue weighted by atomic mass is 16.4. The molecular formula is C27H45NO3.